The molecule has 0 amide bonds. The molecular formula is C8H9F3N+. The van der Waals surface area contributed by atoms with Gasteiger partial charge in [-0.15, -0.1) is 0 Å². The summed E-state index contributed by atoms with van der Waals surface area (Å²) in [5, 5.41) is 0. The number of alkyl halides is 3. The summed E-state index contributed by atoms with van der Waals surface area (Å²) in [6.07, 6.45) is -1.39. The van der Waals surface area contributed by atoms with Crippen LogP contribution >= 0.6 is 0 Å². The highest BCUT2D eigenvalue weighted by Crippen LogP contribution is 2.27. The first-order valence-electron chi connectivity index (χ1n) is 3.60. The topological polar surface area (TPSA) is 3.88 Å². The predicted molar refractivity (Wildman–Crippen MR) is 37.3 cm³/mol. The molecule has 1 aromatic rings. The second-order valence-electron chi connectivity index (χ2n) is 2.42. The van der Waals surface area contributed by atoms with Gasteiger partial charge in [0.2, 0.25) is 0 Å². The van der Waals surface area contributed by atoms with Gasteiger partial charge in [0.1, 0.15) is 6.54 Å². The number of aryl methyl sites for hydroxylation is 1. The molecule has 1 heterocycles. The summed E-state index contributed by atoms with van der Waals surface area (Å²) in [5.41, 5.74) is -0.604. The zero-order chi connectivity index (χ0) is 9.19. The number of aromatic nitrogens is 1. The molecule has 0 aliphatic carbocycles. The van der Waals surface area contributed by atoms with Gasteiger partial charge in [-0.05, 0) is 6.92 Å². The highest BCUT2D eigenvalue weighted by Gasteiger charge is 2.30. The van der Waals surface area contributed by atoms with Crippen LogP contribution < -0.4 is 4.57 Å². The number of nitrogens with zero attached hydrogens (tertiary/aromatic N) is 1. The molecule has 4 heteroatoms. The Balaban J connectivity index is 2.93. The van der Waals surface area contributed by atoms with Crippen LogP contribution in [-0.2, 0) is 12.7 Å². The average Bonchev–Trinajstić information content (AvgIpc) is 2.03. The van der Waals surface area contributed by atoms with Crippen LogP contribution in [0.5, 0.6) is 0 Å². The van der Waals surface area contributed by atoms with E-state index in [9.17, 15) is 13.2 Å². The Hall–Kier alpha value is -1.06. The lowest BCUT2D eigenvalue weighted by molar-refractivity contribution is -0.693. The molecule has 1 aromatic heterocycles. The number of halogens is 3. The fourth-order valence-corrected chi connectivity index (χ4v) is 0.857. The summed E-state index contributed by atoms with van der Waals surface area (Å²) < 4.78 is 37.7. The van der Waals surface area contributed by atoms with Crippen molar-refractivity contribution in [3.8, 4) is 0 Å². The molecule has 1 rings (SSSR count). The summed E-state index contributed by atoms with van der Waals surface area (Å²) in [6, 6.07) is 2.15. The molecule has 1 nitrogen and oxygen atoms in total. The zero-order valence-electron chi connectivity index (χ0n) is 6.60. The van der Waals surface area contributed by atoms with E-state index in [2.05, 4.69) is 0 Å². The third-order valence-corrected chi connectivity index (χ3v) is 1.58. The van der Waals surface area contributed by atoms with Crippen molar-refractivity contribution in [3.05, 3.63) is 30.1 Å². The largest absolute Gasteiger partial charge is 0.416 e. The van der Waals surface area contributed by atoms with Gasteiger partial charge in [-0.2, -0.15) is 13.2 Å². The molecule has 66 valence electrons. The van der Waals surface area contributed by atoms with Gasteiger partial charge in [0.05, 0.1) is 5.56 Å². The third-order valence-electron chi connectivity index (χ3n) is 1.58. The Morgan fingerprint density at radius 3 is 2.08 bits per heavy atom. The lowest BCUT2D eigenvalue weighted by Crippen LogP contribution is -2.31. The normalized spacial score (nSPS) is 11.7. The van der Waals surface area contributed by atoms with E-state index < -0.39 is 11.7 Å². The van der Waals surface area contributed by atoms with Crippen LogP contribution in [0.25, 0.3) is 0 Å². The van der Waals surface area contributed by atoms with E-state index in [1.165, 1.54) is 12.4 Å². The minimum atomic E-state index is -4.23. The number of rotatable bonds is 1. The molecule has 12 heavy (non-hydrogen) atoms. The molecule has 0 atom stereocenters. The second kappa shape index (κ2) is 3.13. The maximum Gasteiger partial charge on any atom is 0.416 e. The molecule has 0 bridgehead atoms. The average molecular weight is 176 g/mol. The highest BCUT2D eigenvalue weighted by atomic mass is 19.4. The van der Waals surface area contributed by atoms with E-state index in [-0.39, 0.29) is 0 Å². The van der Waals surface area contributed by atoms with Crippen LogP contribution in [0.4, 0.5) is 13.2 Å². The quantitative estimate of drug-likeness (QED) is 0.576. The van der Waals surface area contributed by atoms with E-state index in [0.29, 0.717) is 6.54 Å². The van der Waals surface area contributed by atoms with Crippen molar-refractivity contribution in [2.75, 3.05) is 0 Å². The molecule has 0 fully saturated rings. The molecule has 0 spiro atoms. The van der Waals surface area contributed by atoms with Crippen LogP contribution in [-0.4, -0.2) is 0 Å². The van der Waals surface area contributed by atoms with Gasteiger partial charge in [0, 0.05) is 12.1 Å². The minimum Gasteiger partial charge on any atom is -0.205 e. The van der Waals surface area contributed by atoms with Gasteiger partial charge in [-0.1, -0.05) is 0 Å². The van der Waals surface area contributed by atoms with Crippen molar-refractivity contribution < 1.29 is 17.7 Å². The Bertz CT molecular complexity index is 250. The predicted octanol–water partition coefficient (Wildman–Crippen LogP) is 2.01. The van der Waals surface area contributed by atoms with E-state index in [1.54, 1.807) is 4.57 Å². The molecule has 0 N–H and O–H groups in total. The fraction of sp³-hybridized carbons (Fsp3) is 0.375. The van der Waals surface area contributed by atoms with Crippen LogP contribution in [0.1, 0.15) is 12.5 Å². The van der Waals surface area contributed by atoms with Crippen LogP contribution in [0.3, 0.4) is 0 Å². The SMILES string of the molecule is CC[n+]1ccc(C(F)(F)F)cc1. The van der Waals surface area contributed by atoms with Gasteiger partial charge in [-0.25, -0.2) is 4.57 Å². The summed E-state index contributed by atoms with van der Waals surface area (Å²) in [6.45, 7) is 2.55. The van der Waals surface area contributed by atoms with Gasteiger partial charge in [0.15, 0.2) is 12.4 Å². The van der Waals surface area contributed by atoms with Gasteiger partial charge < -0.3 is 0 Å². The lowest BCUT2D eigenvalue weighted by atomic mass is 10.2. The Labute approximate surface area is 68.5 Å². The first-order chi connectivity index (χ1) is 5.54. The second-order valence-corrected chi connectivity index (χ2v) is 2.42. The van der Waals surface area contributed by atoms with Crippen molar-refractivity contribution >= 4 is 0 Å². The lowest BCUT2D eigenvalue weighted by Gasteiger charge is -2.03. The summed E-state index contributed by atoms with van der Waals surface area (Å²) in [4.78, 5) is 0. The van der Waals surface area contributed by atoms with E-state index >= 15 is 0 Å². The van der Waals surface area contributed by atoms with Crippen LogP contribution in [0.15, 0.2) is 24.5 Å². The summed E-state index contributed by atoms with van der Waals surface area (Å²) in [7, 11) is 0. The molecule has 0 aliphatic heterocycles. The molecule has 0 radical (unpaired) electrons. The summed E-state index contributed by atoms with van der Waals surface area (Å²) >= 11 is 0. The fourth-order valence-electron chi connectivity index (χ4n) is 0.857. The molecule has 0 aromatic carbocycles. The van der Waals surface area contributed by atoms with Gasteiger partial charge in [0.25, 0.3) is 0 Å². The van der Waals surface area contributed by atoms with Crippen LogP contribution in [0, 0.1) is 0 Å². The van der Waals surface area contributed by atoms with E-state index in [4.69, 9.17) is 0 Å². The maximum absolute atomic E-state index is 12.0. The Morgan fingerprint density at radius 2 is 1.75 bits per heavy atom. The molecule has 0 aliphatic rings. The van der Waals surface area contributed by atoms with Gasteiger partial charge >= 0.3 is 6.18 Å². The van der Waals surface area contributed by atoms with Crippen LogP contribution in [0.2, 0.25) is 0 Å². The minimum absolute atomic E-state index is 0.604. The summed E-state index contributed by atoms with van der Waals surface area (Å²) in [5.74, 6) is 0. The smallest absolute Gasteiger partial charge is 0.205 e. The standard InChI is InChI=1S/C8H9F3N/c1-2-12-5-3-7(4-6-12)8(9,10)11/h3-6H,2H2,1H3/q+1. The zero-order valence-corrected chi connectivity index (χ0v) is 6.60. The van der Waals surface area contributed by atoms with Crippen molar-refractivity contribution in [2.45, 2.75) is 19.6 Å². The van der Waals surface area contributed by atoms with Gasteiger partial charge in [-0.3, -0.25) is 0 Å². The molecule has 0 unspecified atom stereocenters. The van der Waals surface area contributed by atoms with Crippen molar-refractivity contribution in [3.63, 3.8) is 0 Å². The monoisotopic (exact) mass is 176 g/mol. The van der Waals surface area contributed by atoms with Crippen molar-refractivity contribution in [1.82, 2.24) is 0 Å². The Morgan fingerprint density at radius 1 is 1.25 bits per heavy atom. The third kappa shape index (κ3) is 1.96. The highest BCUT2D eigenvalue weighted by molar-refractivity contribution is 5.11. The number of hydrogen-bond acceptors (Lipinski definition) is 0. The van der Waals surface area contributed by atoms with E-state index in [1.807, 2.05) is 6.92 Å². The van der Waals surface area contributed by atoms with E-state index in [0.717, 1.165) is 12.1 Å². The Kier molecular flexibility index (Phi) is 2.35. The molecule has 0 saturated heterocycles. The number of pyridine rings is 1. The first kappa shape index (κ1) is 9.03. The molecule has 0 saturated carbocycles. The van der Waals surface area contributed by atoms with Crippen molar-refractivity contribution in [2.24, 2.45) is 0 Å². The number of hydrogen-bond donors (Lipinski definition) is 0. The first-order valence-corrected chi connectivity index (χ1v) is 3.60. The van der Waals surface area contributed by atoms with Crippen molar-refractivity contribution in [1.29, 1.82) is 0 Å². The molecular weight excluding hydrogens is 167 g/mol. The maximum atomic E-state index is 12.0.